The molecule has 0 spiro atoms. The van der Waals surface area contributed by atoms with Crippen molar-refractivity contribution < 1.29 is 0 Å². The second-order valence-electron chi connectivity index (χ2n) is 6.71. The monoisotopic (exact) mass is 289 g/mol. The zero-order valence-electron chi connectivity index (χ0n) is 14.1. The van der Waals surface area contributed by atoms with Gasteiger partial charge in [0.25, 0.3) is 0 Å². The smallest absolute Gasteiger partial charge is 0.128 e. The first-order valence-corrected chi connectivity index (χ1v) is 8.57. The van der Waals surface area contributed by atoms with Crippen molar-refractivity contribution in [3.05, 3.63) is 23.9 Å². The van der Waals surface area contributed by atoms with Crippen molar-refractivity contribution in [1.82, 2.24) is 10.3 Å². The zero-order valence-corrected chi connectivity index (χ0v) is 14.1. The molecule has 1 aliphatic carbocycles. The number of pyridine rings is 1. The molecular formula is C18H31N3. The molecule has 1 heterocycles. The average Bonchev–Trinajstić information content (AvgIpc) is 2.99. The third-order valence-corrected chi connectivity index (χ3v) is 4.40. The minimum Gasteiger partial charge on any atom is -0.353 e. The van der Waals surface area contributed by atoms with Crippen LogP contribution in [0.1, 0.15) is 65.0 Å². The van der Waals surface area contributed by atoms with E-state index in [9.17, 15) is 0 Å². The van der Waals surface area contributed by atoms with E-state index in [0.717, 1.165) is 18.9 Å². The lowest BCUT2D eigenvalue weighted by Gasteiger charge is -2.32. The third-order valence-electron chi connectivity index (χ3n) is 4.40. The fraction of sp³-hybridized carbons (Fsp3) is 0.722. The highest BCUT2D eigenvalue weighted by atomic mass is 15.2. The third kappa shape index (κ3) is 4.44. The predicted octanol–water partition coefficient (Wildman–Crippen LogP) is 4.16. The molecule has 2 rings (SSSR count). The summed E-state index contributed by atoms with van der Waals surface area (Å²) in [5.74, 6) is 1.83. The summed E-state index contributed by atoms with van der Waals surface area (Å²) in [6.45, 7) is 11.0. The van der Waals surface area contributed by atoms with Crippen LogP contribution in [0, 0.1) is 5.92 Å². The van der Waals surface area contributed by atoms with Crippen molar-refractivity contribution in [3.63, 3.8) is 0 Å². The molecule has 1 unspecified atom stereocenters. The highest BCUT2D eigenvalue weighted by molar-refractivity contribution is 5.41. The lowest BCUT2D eigenvalue weighted by Crippen LogP contribution is -2.37. The first-order chi connectivity index (χ1) is 10.1. The van der Waals surface area contributed by atoms with Crippen LogP contribution in [0.15, 0.2) is 18.3 Å². The Morgan fingerprint density at radius 1 is 1.24 bits per heavy atom. The summed E-state index contributed by atoms with van der Waals surface area (Å²) in [5, 5.41) is 3.44. The van der Waals surface area contributed by atoms with E-state index in [0.29, 0.717) is 18.0 Å². The summed E-state index contributed by atoms with van der Waals surface area (Å²) in [6.07, 6.45) is 7.43. The summed E-state index contributed by atoms with van der Waals surface area (Å²) >= 11 is 0. The molecule has 1 N–H and O–H groups in total. The van der Waals surface area contributed by atoms with Gasteiger partial charge >= 0.3 is 0 Å². The minimum atomic E-state index is 0.376. The van der Waals surface area contributed by atoms with Crippen LogP contribution in [0.2, 0.25) is 0 Å². The van der Waals surface area contributed by atoms with Gasteiger partial charge in [-0.15, -0.1) is 0 Å². The number of rotatable bonds is 7. The molecule has 0 bridgehead atoms. The van der Waals surface area contributed by atoms with Gasteiger partial charge < -0.3 is 10.2 Å². The molecule has 3 heteroatoms. The largest absolute Gasteiger partial charge is 0.353 e. The van der Waals surface area contributed by atoms with E-state index in [4.69, 9.17) is 4.98 Å². The SMILES string of the molecule is CCNC(C)c1ccc(N(CC(C)C)C2CCCC2)nc1. The number of aromatic nitrogens is 1. The van der Waals surface area contributed by atoms with Gasteiger partial charge in [0.05, 0.1) is 0 Å². The van der Waals surface area contributed by atoms with Gasteiger partial charge in [0.15, 0.2) is 0 Å². The number of anilines is 1. The highest BCUT2D eigenvalue weighted by Gasteiger charge is 2.24. The average molecular weight is 289 g/mol. The second-order valence-corrected chi connectivity index (χ2v) is 6.71. The van der Waals surface area contributed by atoms with E-state index >= 15 is 0 Å². The summed E-state index contributed by atoms with van der Waals surface area (Å²) in [5.41, 5.74) is 1.27. The maximum Gasteiger partial charge on any atom is 0.128 e. The number of hydrogen-bond acceptors (Lipinski definition) is 3. The Labute approximate surface area is 130 Å². The Morgan fingerprint density at radius 2 is 1.95 bits per heavy atom. The summed E-state index contributed by atoms with van der Waals surface area (Å²) in [6, 6.07) is 5.51. The number of nitrogens with one attached hydrogen (secondary N) is 1. The molecule has 0 aromatic carbocycles. The highest BCUT2D eigenvalue weighted by Crippen LogP contribution is 2.28. The van der Waals surface area contributed by atoms with Crippen LogP contribution in [0.25, 0.3) is 0 Å². The lowest BCUT2D eigenvalue weighted by molar-refractivity contribution is 0.530. The van der Waals surface area contributed by atoms with E-state index in [2.05, 4.69) is 50.0 Å². The molecule has 1 aromatic heterocycles. The van der Waals surface area contributed by atoms with Crippen LogP contribution < -0.4 is 10.2 Å². The van der Waals surface area contributed by atoms with E-state index in [1.54, 1.807) is 0 Å². The fourth-order valence-electron chi connectivity index (χ4n) is 3.29. The molecule has 0 amide bonds. The molecular weight excluding hydrogens is 258 g/mol. The van der Waals surface area contributed by atoms with Crippen LogP contribution in [0.3, 0.4) is 0 Å². The first-order valence-electron chi connectivity index (χ1n) is 8.57. The molecule has 118 valence electrons. The Kier molecular flexibility index (Phi) is 6.04. The van der Waals surface area contributed by atoms with Crippen molar-refractivity contribution in [2.75, 3.05) is 18.0 Å². The van der Waals surface area contributed by atoms with E-state index in [-0.39, 0.29) is 0 Å². The second kappa shape index (κ2) is 7.79. The molecule has 0 radical (unpaired) electrons. The Balaban J connectivity index is 2.12. The van der Waals surface area contributed by atoms with E-state index < -0.39 is 0 Å². The minimum absolute atomic E-state index is 0.376. The Morgan fingerprint density at radius 3 is 2.48 bits per heavy atom. The molecule has 21 heavy (non-hydrogen) atoms. The van der Waals surface area contributed by atoms with Gasteiger partial charge in [-0.1, -0.05) is 39.7 Å². The quantitative estimate of drug-likeness (QED) is 0.817. The van der Waals surface area contributed by atoms with Crippen molar-refractivity contribution in [1.29, 1.82) is 0 Å². The topological polar surface area (TPSA) is 28.2 Å². The summed E-state index contributed by atoms with van der Waals surface area (Å²) in [7, 11) is 0. The fourth-order valence-corrected chi connectivity index (χ4v) is 3.29. The normalized spacial score (nSPS) is 17.4. The predicted molar refractivity (Wildman–Crippen MR) is 90.8 cm³/mol. The van der Waals surface area contributed by atoms with Gasteiger partial charge in [0.2, 0.25) is 0 Å². The maximum absolute atomic E-state index is 4.77. The van der Waals surface area contributed by atoms with Gasteiger partial charge in [-0.05, 0) is 43.9 Å². The summed E-state index contributed by atoms with van der Waals surface area (Å²) in [4.78, 5) is 7.31. The molecule has 1 fully saturated rings. The Bertz CT molecular complexity index is 407. The molecule has 1 aliphatic rings. The van der Waals surface area contributed by atoms with E-state index in [1.807, 2.05) is 6.20 Å². The van der Waals surface area contributed by atoms with Crippen molar-refractivity contribution in [2.24, 2.45) is 5.92 Å². The van der Waals surface area contributed by atoms with Gasteiger partial charge in [0.1, 0.15) is 5.82 Å². The maximum atomic E-state index is 4.77. The molecule has 1 saturated carbocycles. The first kappa shape index (κ1) is 16.3. The lowest BCUT2D eigenvalue weighted by atomic mass is 10.1. The van der Waals surface area contributed by atoms with Crippen LogP contribution in [-0.2, 0) is 0 Å². The number of nitrogens with zero attached hydrogens (tertiary/aromatic N) is 2. The standard InChI is InChI=1S/C18H31N3/c1-5-19-15(4)16-10-11-18(20-12-16)21(13-14(2)3)17-8-6-7-9-17/h10-12,14-15,17,19H,5-9,13H2,1-4H3. The van der Waals surface area contributed by atoms with Gasteiger partial charge in [-0.3, -0.25) is 0 Å². The van der Waals surface area contributed by atoms with Crippen LogP contribution in [-0.4, -0.2) is 24.1 Å². The van der Waals surface area contributed by atoms with Crippen molar-refractivity contribution >= 4 is 5.82 Å². The van der Waals surface area contributed by atoms with Gasteiger partial charge in [-0.2, -0.15) is 0 Å². The van der Waals surface area contributed by atoms with E-state index in [1.165, 1.54) is 31.2 Å². The van der Waals surface area contributed by atoms with Crippen LogP contribution in [0.4, 0.5) is 5.82 Å². The number of hydrogen-bond donors (Lipinski definition) is 1. The molecule has 1 atom stereocenters. The Hall–Kier alpha value is -1.09. The molecule has 1 aromatic rings. The zero-order chi connectivity index (χ0) is 15.2. The van der Waals surface area contributed by atoms with Crippen molar-refractivity contribution in [3.8, 4) is 0 Å². The summed E-state index contributed by atoms with van der Waals surface area (Å²) < 4.78 is 0. The molecule has 0 aliphatic heterocycles. The molecule has 0 saturated heterocycles. The van der Waals surface area contributed by atoms with Crippen LogP contribution in [0.5, 0.6) is 0 Å². The van der Waals surface area contributed by atoms with Crippen molar-refractivity contribution in [2.45, 2.75) is 65.5 Å². The molecule has 3 nitrogen and oxygen atoms in total. The van der Waals surface area contributed by atoms with Crippen LogP contribution >= 0.6 is 0 Å². The van der Waals surface area contributed by atoms with Gasteiger partial charge in [0, 0.05) is 24.8 Å². The van der Waals surface area contributed by atoms with Gasteiger partial charge in [-0.25, -0.2) is 4.98 Å².